The Bertz CT molecular complexity index is 1030. The van der Waals surface area contributed by atoms with E-state index in [1.165, 1.54) is 27.2 Å². The van der Waals surface area contributed by atoms with E-state index in [2.05, 4.69) is 72.0 Å². The van der Waals surface area contributed by atoms with Crippen LogP contribution in [0.5, 0.6) is 5.75 Å². The molecule has 0 fully saturated rings. The molecule has 0 saturated heterocycles. The molecule has 0 aliphatic rings. The highest BCUT2D eigenvalue weighted by molar-refractivity contribution is 6.12. The van der Waals surface area contributed by atoms with Gasteiger partial charge >= 0.3 is 0 Å². The van der Waals surface area contributed by atoms with Gasteiger partial charge in [-0.1, -0.05) is 0 Å². The van der Waals surface area contributed by atoms with E-state index in [0.29, 0.717) is 6.61 Å². The molecule has 0 aliphatic carbocycles. The van der Waals surface area contributed by atoms with E-state index in [1.807, 2.05) is 12.4 Å². The highest BCUT2D eigenvalue weighted by Crippen LogP contribution is 2.33. The van der Waals surface area contributed by atoms with Crippen molar-refractivity contribution in [1.29, 1.82) is 0 Å². The molecule has 4 nitrogen and oxygen atoms in total. The van der Waals surface area contributed by atoms with Crippen molar-refractivity contribution in [2.75, 3.05) is 27.2 Å². The zero-order valence-electron chi connectivity index (χ0n) is 14.3. The molecule has 0 N–H and O–H groups in total. The number of benzene rings is 2. The van der Waals surface area contributed by atoms with Crippen molar-refractivity contribution in [3.05, 3.63) is 48.8 Å². The molecule has 2 aromatic heterocycles. The fourth-order valence-electron chi connectivity index (χ4n) is 3.21. The maximum atomic E-state index is 5.91. The predicted molar refractivity (Wildman–Crippen MR) is 99.8 cm³/mol. The summed E-state index contributed by atoms with van der Waals surface area (Å²) < 4.78 is 8.15. The van der Waals surface area contributed by atoms with E-state index >= 15 is 0 Å². The highest BCUT2D eigenvalue weighted by atomic mass is 16.5. The fourth-order valence-corrected chi connectivity index (χ4v) is 3.21. The van der Waals surface area contributed by atoms with Crippen LogP contribution in [0, 0.1) is 0 Å². The topological polar surface area (TPSA) is 30.3 Å². The van der Waals surface area contributed by atoms with Crippen LogP contribution in [0.2, 0.25) is 0 Å². The number of pyridine rings is 1. The first-order valence-electron chi connectivity index (χ1n) is 8.17. The normalized spacial score (nSPS) is 11.8. The molecule has 2 heterocycles. The molecule has 0 aliphatic heterocycles. The van der Waals surface area contributed by atoms with Gasteiger partial charge in [0.25, 0.3) is 0 Å². The molecule has 122 valence electrons. The van der Waals surface area contributed by atoms with Crippen molar-refractivity contribution in [2.45, 2.75) is 0 Å². The summed E-state index contributed by atoms with van der Waals surface area (Å²) in [5.41, 5.74) is 2.45. The van der Waals surface area contributed by atoms with Gasteiger partial charge in [-0.15, -0.1) is 0 Å². The maximum Gasteiger partial charge on any atom is 0.120 e. The number of hydrogen-bond donors (Lipinski definition) is 0. The number of ether oxygens (including phenoxy) is 1. The van der Waals surface area contributed by atoms with Crippen LogP contribution in [0.3, 0.4) is 0 Å². The van der Waals surface area contributed by atoms with Gasteiger partial charge in [-0.3, -0.25) is 4.98 Å². The number of likely N-dealkylation sites (N-methyl/N-ethyl adjacent to an activating group) is 1. The second-order valence-electron chi connectivity index (χ2n) is 6.48. The SMILES string of the molecule is CN(C)CCOc1ccc2c(c1)c1cc3cnccc3cc1n2C. The van der Waals surface area contributed by atoms with Crippen molar-refractivity contribution in [1.82, 2.24) is 14.5 Å². The summed E-state index contributed by atoms with van der Waals surface area (Å²) in [6, 6.07) is 12.9. The predicted octanol–water partition coefficient (Wildman–Crippen LogP) is 3.82. The molecular formula is C20H21N3O. The summed E-state index contributed by atoms with van der Waals surface area (Å²) in [4.78, 5) is 6.37. The number of nitrogens with zero attached hydrogens (tertiary/aromatic N) is 3. The van der Waals surface area contributed by atoms with E-state index in [0.717, 1.165) is 17.7 Å². The Morgan fingerprint density at radius 1 is 1.00 bits per heavy atom. The third kappa shape index (κ3) is 2.49. The molecule has 0 saturated carbocycles. The van der Waals surface area contributed by atoms with Gasteiger partial charge < -0.3 is 14.2 Å². The van der Waals surface area contributed by atoms with Gasteiger partial charge in [-0.05, 0) is 55.9 Å². The summed E-state index contributed by atoms with van der Waals surface area (Å²) in [5, 5.41) is 4.84. The average Bonchev–Trinajstić information content (AvgIpc) is 2.85. The molecule has 4 rings (SSSR count). The molecule has 0 spiro atoms. The smallest absolute Gasteiger partial charge is 0.120 e. The van der Waals surface area contributed by atoms with Crippen LogP contribution in [0.15, 0.2) is 48.8 Å². The van der Waals surface area contributed by atoms with Gasteiger partial charge in [-0.25, -0.2) is 0 Å². The van der Waals surface area contributed by atoms with Crippen LogP contribution < -0.4 is 4.74 Å². The van der Waals surface area contributed by atoms with Crippen LogP contribution in [0.4, 0.5) is 0 Å². The number of aryl methyl sites for hydroxylation is 1. The standard InChI is InChI=1S/C20H21N3O/c1-22(2)8-9-24-16-4-5-19-18(12-16)17-10-15-13-21-7-6-14(15)11-20(17)23(19)3/h4-7,10-13H,8-9H2,1-3H3. The Kier molecular flexibility index (Phi) is 3.62. The zero-order chi connectivity index (χ0) is 16.7. The van der Waals surface area contributed by atoms with Crippen molar-refractivity contribution in [3.63, 3.8) is 0 Å². The summed E-state index contributed by atoms with van der Waals surface area (Å²) in [6.07, 6.45) is 3.76. The van der Waals surface area contributed by atoms with Crippen LogP contribution in [0.25, 0.3) is 32.6 Å². The van der Waals surface area contributed by atoms with E-state index in [-0.39, 0.29) is 0 Å². The summed E-state index contributed by atoms with van der Waals surface area (Å²) in [7, 11) is 6.22. The molecule has 24 heavy (non-hydrogen) atoms. The lowest BCUT2D eigenvalue weighted by atomic mass is 10.1. The Morgan fingerprint density at radius 2 is 1.83 bits per heavy atom. The van der Waals surface area contributed by atoms with E-state index < -0.39 is 0 Å². The van der Waals surface area contributed by atoms with Gasteiger partial charge in [0, 0.05) is 53.2 Å². The van der Waals surface area contributed by atoms with Crippen LogP contribution in [-0.4, -0.2) is 41.7 Å². The maximum absolute atomic E-state index is 5.91. The first-order valence-corrected chi connectivity index (χ1v) is 8.17. The van der Waals surface area contributed by atoms with Gasteiger partial charge in [0.1, 0.15) is 12.4 Å². The van der Waals surface area contributed by atoms with Crippen molar-refractivity contribution in [2.24, 2.45) is 7.05 Å². The third-order valence-corrected chi connectivity index (χ3v) is 4.54. The van der Waals surface area contributed by atoms with Crippen molar-refractivity contribution < 1.29 is 4.74 Å². The molecule has 0 atom stereocenters. The van der Waals surface area contributed by atoms with Gasteiger partial charge in [0.2, 0.25) is 0 Å². The van der Waals surface area contributed by atoms with E-state index in [9.17, 15) is 0 Å². The zero-order valence-corrected chi connectivity index (χ0v) is 14.3. The first kappa shape index (κ1) is 15.0. The van der Waals surface area contributed by atoms with Crippen molar-refractivity contribution >= 4 is 32.6 Å². The van der Waals surface area contributed by atoms with Crippen LogP contribution in [-0.2, 0) is 7.05 Å². The van der Waals surface area contributed by atoms with Gasteiger partial charge in [0.15, 0.2) is 0 Å². The highest BCUT2D eigenvalue weighted by Gasteiger charge is 2.10. The lowest BCUT2D eigenvalue weighted by molar-refractivity contribution is 0.261. The Hall–Kier alpha value is -2.59. The number of aromatic nitrogens is 2. The Morgan fingerprint density at radius 3 is 2.67 bits per heavy atom. The lowest BCUT2D eigenvalue weighted by Crippen LogP contribution is -2.19. The molecule has 4 aromatic rings. The first-order chi connectivity index (χ1) is 11.6. The summed E-state index contributed by atoms with van der Waals surface area (Å²) in [6.45, 7) is 1.60. The minimum atomic E-state index is 0.691. The Balaban J connectivity index is 1.85. The molecule has 2 aromatic carbocycles. The average molecular weight is 319 g/mol. The molecule has 0 unspecified atom stereocenters. The van der Waals surface area contributed by atoms with Crippen molar-refractivity contribution in [3.8, 4) is 5.75 Å². The Labute approximate surface area is 141 Å². The van der Waals surface area contributed by atoms with Crippen LogP contribution in [0.1, 0.15) is 0 Å². The summed E-state index contributed by atoms with van der Waals surface area (Å²) in [5.74, 6) is 0.920. The van der Waals surface area contributed by atoms with E-state index in [4.69, 9.17) is 4.74 Å². The van der Waals surface area contributed by atoms with Gasteiger partial charge in [-0.2, -0.15) is 0 Å². The molecule has 4 heteroatoms. The summed E-state index contributed by atoms with van der Waals surface area (Å²) >= 11 is 0. The largest absolute Gasteiger partial charge is 0.492 e. The number of fused-ring (bicyclic) bond motifs is 4. The minimum absolute atomic E-state index is 0.691. The fraction of sp³-hybridized carbons (Fsp3) is 0.250. The lowest BCUT2D eigenvalue weighted by Gasteiger charge is -2.11. The van der Waals surface area contributed by atoms with Gasteiger partial charge in [0.05, 0.1) is 0 Å². The van der Waals surface area contributed by atoms with E-state index in [1.54, 1.807) is 0 Å². The second kappa shape index (κ2) is 5.80. The van der Waals surface area contributed by atoms with Crippen LogP contribution >= 0.6 is 0 Å². The second-order valence-corrected chi connectivity index (χ2v) is 6.48. The molecule has 0 amide bonds. The molecular weight excluding hydrogens is 298 g/mol. The number of rotatable bonds is 4. The minimum Gasteiger partial charge on any atom is -0.492 e. The quantitative estimate of drug-likeness (QED) is 0.573. The third-order valence-electron chi connectivity index (χ3n) is 4.54. The molecule has 0 radical (unpaired) electrons. The monoisotopic (exact) mass is 319 g/mol. The molecule has 0 bridgehead atoms. The number of hydrogen-bond acceptors (Lipinski definition) is 3.